The van der Waals surface area contributed by atoms with Gasteiger partial charge in [-0.2, -0.15) is 4.31 Å². The van der Waals surface area contributed by atoms with Crippen molar-refractivity contribution in [2.45, 2.75) is 31.1 Å². The van der Waals surface area contributed by atoms with Crippen molar-refractivity contribution < 1.29 is 12.8 Å². The third kappa shape index (κ3) is 4.11. The highest BCUT2D eigenvalue weighted by atomic mass is 79.9. The molecule has 1 aliphatic carbocycles. The summed E-state index contributed by atoms with van der Waals surface area (Å²) in [4.78, 5) is 0.251. The average Bonchev–Trinajstić information content (AvgIpc) is 2.73. The molecule has 2 aliphatic rings. The molecule has 1 fully saturated rings. The Kier molecular flexibility index (Phi) is 5.78. The first-order valence-corrected chi connectivity index (χ1v) is 12.0. The average molecular weight is 476 g/mol. The lowest BCUT2D eigenvalue weighted by atomic mass is 9.79. The van der Waals surface area contributed by atoms with Crippen LogP contribution in [-0.2, 0) is 10.0 Å². The smallest absolute Gasteiger partial charge is 0.207 e. The lowest BCUT2D eigenvalue weighted by molar-refractivity contribution is 0.379. The van der Waals surface area contributed by atoms with Crippen LogP contribution in [0, 0.1) is 12.8 Å². The zero-order valence-electron chi connectivity index (χ0n) is 16.2. The molecule has 0 amide bonds. The Morgan fingerprint density at radius 3 is 2.45 bits per heavy atom. The summed E-state index contributed by atoms with van der Waals surface area (Å²) in [5.41, 5.74) is 3.07. The van der Waals surface area contributed by atoms with Crippen LogP contribution in [0.25, 0.3) is 5.83 Å². The van der Waals surface area contributed by atoms with Crippen LogP contribution in [0.1, 0.15) is 30.4 Å². The van der Waals surface area contributed by atoms with E-state index in [9.17, 15) is 8.42 Å². The van der Waals surface area contributed by atoms with Crippen LogP contribution in [-0.4, -0.2) is 25.8 Å². The van der Waals surface area contributed by atoms with Crippen molar-refractivity contribution in [1.29, 1.82) is 0 Å². The third-order valence-electron chi connectivity index (χ3n) is 5.72. The minimum Gasteiger partial charge on any atom is -0.207 e. The molecule has 4 rings (SSSR count). The highest BCUT2D eigenvalue weighted by Gasteiger charge is 2.37. The third-order valence-corrected chi connectivity index (χ3v) is 8.05. The van der Waals surface area contributed by atoms with Gasteiger partial charge in [0.2, 0.25) is 10.0 Å². The largest absolute Gasteiger partial charge is 0.243 e. The highest BCUT2D eigenvalue weighted by molar-refractivity contribution is 9.10. The first kappa shape index (κ1) is 20.5. The number of hydrogen-bond donors (Lipinski definition) is 0. The second kappa shape index (κ2) is 8.17. The maximum absolute atomic E-state index is 15.6. The van der Waals surface area contributed by atoms with E-state index in [0.717, 1.165) is 34.9 Å². The van der Waals surface area contributed by atoms with Gasteiger partial charge >= 0.3 is 0 Å². The van der Waals surface area contributed by atoms with Crippen LogP contribution in [0.5, 0.6) is 0 Å². The van der Waals surface area contributed by atoms with Crippen LogP contribution in [0.3, 0.4) is 0 Å². The van der Waals surface area contributed by atoms with Gasteiger partial charge < -0.3 is 0 Å². The summed E-state index contributed by atoms with van der Waals surface area (Å²) in [6, 6.07) is 13.9. The highest BCUT2D eigenvalue weighted by Crippen LogP contribution is 2.41. The van der Waals surface area contributed by atoms with Crippen molar-refractivity contribution in [3.63, 3.8) is 0 Å². The number of nitrogens with zero attached hydrogens (tertiary/aromatic N) is 1. The Morgan fingerprint density at radius 2 is 1.76 bits per heavy atom. The quantitative estimate of drug-likeness (QED) is 0.520. The normalized spacial score (nSPS) is 22.0. The first-order chi connectivity index (χ1) is 13.9. The molecule has 0 saturated carbocycles. The fraction of sp³-hybridized carbons (Fsp3) is 0.304. The van der Waals surface area contributed by atoms with Gasteiger partial charge in [-0.15, -0.1) is 0 Å². The summed E-state index contributed by atoms with van der Waals surface area (Å²) in [7, 11) is -3.70. The SMILES string of the molecule is Cc1ccc(S(=O)(=O)N2CC3=CCCC[C@H]3/C(=C(/F)c3ccc(Br)cc3)C2)cc1. The number of rotatable bonds is 3. The molecule has 0 bridgehead atoms. The van der Waals surface area contributed by atoms with Crippen LogP contribution in [0.4, 0.5) is 4.39 Å². The van der Waals surface area contributed by atoms with Gasteiger partial charge in [0.25, 0.3) is 0 Å². The summed E-state index contributed by atoms with van der Waals surface area (Å²) in [5, 5.41) is 0. The van der Waals surface area contributed by atoms with Crippen LogP contribution >= 0.6 is 15.9 Å². The molecule has 6 heteroatoms. The molecular formula is C23H23BrFNO2S. The minimum atomic E-state index is -3.70. The maximum Gasteiger partial charge on any atom is 0.243 e. The van der Waals surface area contributed by atoms with Crippen LogP contribution in [0.15, 0.2) is 75.1 Å². The van der Waals surface area contributed by atoms with Gasteiger partial charge in [-0.25, -0.2) is 12.8 Å². The van der Waals surface area contributed by atoms with E-state index in [0.29, 0.717) is 17.7 Å². The Morgan fingerprint density at radius 1 is 1.07 bits per heavy atom. The van der Waals surface area contributed by atoms with Crippen LogP contribution < -0.4 is 0 Å². The molecule has 1 heterocycles. The van der Waals surface area contributed by atoms with Gasteiger partial charge in [-0.1, -0.05) is 57.4 Å². The summed E-state index contributed by atoms with van der Waals surface area (Å²) in [6.45, 7) is 2.33. The summed E-state index contributed by atoms with van der Waals surface area (Å²) in [6.07, 6.45) is 4.87. The first-order valence-electron chi connectivity index (χ1n) is 9.76. The molecule has 0 spiro atoms. The number of fused-ring (bicyclic) bond motifs is 1. The monoisotopic (exact) mass is 475 g/mol. The second-order valence-electron chi connectivity index (χ2n) is 7.69. The van der Waals surface area contributed by atoms with E-state index >= 15 is 4.39 Å². The molecule has 0 unspecified atom stereocenters. The molecule has 1 saturated heterocycles. The molecule has 0 aromatic heterocycles. The summed E-state index contributed by atoms with van der Waals surface area (Å²) in [5.74, 6) is -0.323. The molecular weight excluding hydrogens is 453 g/mol. The Hall–Kier alpha value is -1.76. The van der Waals surface area contributed by atoms with Gasteiger partial charge in [0.15, 0.2) is 0 Å². The maximum atomic E-state index is 15.6. The molecule has 29 heavy (non-hydrogen) atoms. The van der Waals surface area contributed by atoms with Crippen molar-refractivity contribution in [2.75, 3.05) is 13.1 Å². The molecule has 152 valence electrons. The van der Waals surface area contributed by atoms with Crippen molar-refractivity contribution in [3.05, 3.63) is 81.4 Å². The van der Waals surface area contributed by atoms with E-state index in [1.807, 2.05) is 6.92 Å². The predicted molar refractivity (Wildman–Crippen MR) is 118 cm³/mol. The van der Waals surface area contributed by atoms with Gasteiger partial charge in [-0.3, -0.25) is 0 Å². The molecule has 0 radical (unpaired) electrons. The van der Waals surface area contributed by atoms with Crippen molar-refractivity contribution >= 4 is 31.8 Å². The van der Waals surface area contributed by atoms with E-state index in [1.165, 1.54) is 4.31 Å². The lowest BCUT2D eigenvalue weighted by Crippen LogP contribution is -2.42. The lowest BCUT2D eigenvalue weighted by Gasteiger charge is -2.38. The van der Waals surface area contributed by atoms with Gasteiger partial charge in [0, 0.05) is 29.0 Å². The molecule has 0 N–H and O–H groups in total. The van der Waals surface area contributed by atoms with Crippen LogP contribution in [0.2, 0.25) is 0 Å². The fourth-order valence-electron chi connectivity index (χ4n) is 4.10. The number of benzene rings is 2. The van der Waals surface area contributed by atoms with Crippen molar-refractivity contribution in [3.8, 4) is 0 Å². The van der Waals surface area contributed by atoms with Gasteiger partial charge in [-0.05, 0) is 56.0 Å². The Labute approximate surface area is 180 Å². The molecule has 3 nitrogen and oxygen atoms in total. The number of allylic oxidation sites excluding steroid dienone is 1. The summed E-state index contributed by atoms with van der Waals surface area (Å²) < 4.78 is 44.4. The Balaban J connectivity index is 1.76. The van der Waals surface area contributed by atoms with Crippen molar-refractivity contribution in [1.82, 2.24) is 4.31 Å². The van der Waals surface area contributed by atoms with E-state index in [-0.39, 0.29) is 23.2 Å². The van der Waals surface area contributed by atoms with E-state index in [1.54, 1.807) is 48.5 Å². The second-order valence-corrected chi connectivity index (χ2v) is 10.5. The zero-order valence-corrected chi connectivity index (χ0v) is 18.6. The summed E-state index contributed by atoms with van der Waals surface area (Å²) >= 11 is 3.38. The molecule has 1 atom stereocenters. The fourth-order valence-corrected chi connectivity index (χ4v) is 5.77. The number of hydrogen-bond acceptors (Lipinski definition) is 2. The number of aryl methyl sites for hydroxylation is 1. The van der Waals surface area contributed by atoms with E-state index in [4.69, 9.17) is 0 Å². The number of sulfonamides is 1. The topological polar surface area (TPSA) is 37.4 Å². The van der Waals surface area contributed by atoms with E-state index < -0.39 is 10.0 Å². The van der Waals surface area contributed by atoms with Gasteiger partial charge in [0.05, 0.1) is 4.90 Å². The Bertz CT molecular complexity index is 1070. The zero-order chi connectivity index (χ0) is 20.6. The number of halogens is 2. The number of piperidine rings is 1. The minimum absolute atomic E-state index is 0.0168. The predicted octanol–water partition coefficient (Wildman–Crippen LogP) is 5.87. The molecule has 2 aromatic rings. The van der Waals surface area contributed by atoms with Gasteiger partial charge in [0.1, 0.15) is 5.83 Å². The standard InChI is InChI=1S/C23H23BrFNO2S/c1-16-6-12-20(13-7-16)29(27,28)26-14-18-4-2-3-5-21(18)22(15-26)23(25)17-8-10-19(24)11-9-17/h4,6-13,21H,2-3,5,14-15H2,1H3/b23-22+/t21-/m1/s1. The molecule has 1 aliphatic heterocycles. The van der Waals surface area contributed by atoms with Crippen molar-refractivity contribution in [2.24, 2.45) is 5.92 Å². The molecule has 2 aromatic carbocycles. The van der Waals surface area contributed by atoms with E-state index in [2.05, 4.69) is 22.0 Å².